The van der Waals surface area contributed by atoms with E-state index >= 15 is 0 Å². The summed E-state index contributed by atoms with van der Waals surface area (Å²) in [5.41, 5.74) is 0. The van der Waals surface area contributed by atoms with E-state index in [1.807, 2.05) is 19.9 Å². The zero-order chi connectivity index (χ0) is 11.5. The van der Waals surface area contributed by atoms with Crippen LogP contribution in [0, 0.1) is 17.2 Å². The average molecular weight is 231 g/mol. The van der Waals surface area contributed by atoms with Crippen molar-refractivity contribution in [3.8, 4) is 6.07 Å². The van der Waals surface area contributed by atoms with Crippen molar-refractivity contribution in [2.45, 2.75) is 19.9 Å². The number of sulfonamides is 1. The highest BCUT2D eigenvalue weighted by molar-refractivity contribution is 7.89. The minimum Gasteiger partial charge on any atom is -0.313 e. The predicted octanol–water partition coefficient (Wildman–Crippen LogP) is -0.230. The third kappa shape index (κ3) is 3.16. The lowest BCUT2D eigenvalue weighted by Gasteiger charge is -2.31. The highest BCUT2D eigenvalue weighted by Crippen LogP contribution is 2.12. The number of nitrogens with zero attached hydrogens (tertiary/aromatic N) is 2. The van der Waals surface area contributed by atoms with Crippen LogP contribution in [0.4, 0.5) is 0 Å². The maximum Gasteiger partial charge on any atom is 0.215 e. The van der Waals surface area contributed by atoms with E-state index in [2.05, 4.69) is 5.32 Å². The zero-order valence-electron chi connectivity index (χ0n) is 9.10. The molecule has 1 heterocycles. The Morgan fingerprint density at radius 1 is 1.60 bits per heavy atom. The van der Waals surface area contributed by atoms with E-state index in [1.54, 1.807) is 0 Å². The van der Waals surface area contributed by atoms with Gasteiger partial charge in [-0.2, -0.15) is 9.57 Å². The minimum atomic E-state index is -3.27. The molecule has 1 N–H and O–H groups in total. The summed E-state index contributed by atoms with van der Waals surface area (Å²) in [6, 6.07) is 1.46. The molecule has 15 heavy (non-hydrogen) atoms. The first-order valence-corrected chi connectivity index (χ1v) is 6.68. The summed E-state index contributed by atoms with van der Waals surface area (Å²) in [5, 5.41) is 11.9. The lowest BCUT2D eigenvalue weighted by Crippen LogP contribution is -2.53. The maximum absolute atomic E-state index is 11.9. The highest BCUT2D eigenvalue weighted by atomic mass is 32.2. The van der Waals surface area contributed by atoms with Crippen molar-refractivity contribution >= 4 is 10.0 Å². The van der Waals surface area contributed by atoms with E-state index in [-0.39, 0.29) is 11.7 Å². The van der Waals surface area contributed by atoms with Gasteiger partial charge in [0.05, 0.1) is 11.8 Å². The summed E-state index contributed by atoms with van der Waals surface area (Å²) in [7, 11) is -3.27. The molecule has 0 aromatic heterocycles. The van der Waals surface area contributed by atoms with Crippen LogP contribution in [0.2, 0.25) is 0 Å². The van der Waals surface area contributed by atoms with Crippen LogP contribution in [0.5, 0.6) is 0 Å². The topological polar surface area (TPSA) is 73.2 Å². The first-order chi connectivity index (χ1) is 6.97. The van der Waals surface area contributed by atoms with Gasteiger partial charge in [0.25, 0.3) is 0 Å². The minimum absolute atomic E-state index is 0.0872. The lowest BCUT2D eigenvalue weighted by molar-refractivity contribution is 0.310. The molecule has 0 spiro atoms. The predicted molar refractivity (Wildman–Crippen MR) is 57.6 cm³/mol. The first kappa shape index (κ1) is 12.4. The zero-order valence-corrected chi connectivity index (χ0v) is 9.92. The molecule has 1 atom stereocenters. The number of nitrogens with one attached hydrogen (secondary N) is 1. The van der Waals surface area contributed by atoms with E-state index in [9.17, 15) is 8.42 Å². The Bertz CT molecular complexity index is 345. The van der Waals surface area contributed by atoms with E-state index in [0.717, 1.165) is 0 Å². The van der Waals surface area contributed by atoms with Crippen molar-refractivity contribution in [3.63, 3.8) is 0 Å². The van der Waals surface area contributed by atoms with Gasteiger partial charge in [-0.25, -0.2) is 8.42 Å². The molecule has 0 saturated carbocycles. The normalized spacial score (nSPS) is 24.0. The molecule has 0 amide bonds. The van der Waals surface area contributed by atoms with E-state index < -0.39 is 16.1 Å². The van der Waals surface area contributed by atoms with Gasteiger partial charge in [0.15, 0.2) is 0 Å². The molecule has 6 heteroatoms. The molecule has 1 aliphatic heterocycles. The molecule has 0 radical (unpaired) electrons. The van der Waals surface area contributed by atoms with Gasteiger partial charge in [-0.05, 0) is 5.92 Å². The molecule has 0 aliphatic carbocycles. The van der Waals surface area contributed by atoms with Gasteiger partial charge in [0.2, 0.25) is 10.0 Å². The Morgan fingerprint density at radius 2 is 2.27 bits per heavy atom. The van der Waals surface area contributed by atoms with Gasteiger partial charge in [0, 0.05) is 19.6 Å². The quantitative estimate of drug-likeness (QED) is 0.728. The summed E-state index contributed by atoms with van der Waals surface area (Å²) in [5.74, 6) is 0.203. The van der Waals surface area contributed by atoms with Crippen molar-refractivity contribution in [1.82, 2.24) is 9.62 Å². The lowest BCUT2D eigenvalue weighted by atomic mass is 10.3. The van der Waals surface area contributed by atoms with Gasteiger partial charge in [0.1, 0.15) is 6.04 Å². The molecule has 1 fully saturated rings. The van der Waals surface area contributed by atoms with Crippen molar-refractivity contribution < 1.29 is 8.42 Å². The van der Waals surface area contributed by atoms with E-state index in [0.29, 0.717) is 19.6 Å². The van der Waals surface area contributed by atoms with Crippen LogP contribution >= 0.6 is 0 Å². The molecule has 0 aromatic carbocycles. The summed E-state index contributed by atoms with van der Waals surface area (Å²) >= 11 is 0. The number of hydrogen-bond donors (Lipinski definition) is 1. The van der Waals surface area contributed by atoms with Crippen LogP contribution in [-0.2, 0) is 10.0 Å². The van der Waals surface area contributed by atoms with Crippen LogP contribution in [0.3, 0.4) is 0 Å². The van der Waals surface area contributed by atoms with Gasteiger partial charge in [-0.3, -0.25) is 0 Å². The largest absolute Gasteiger partial charge is 0.313 e. The average Bonchev–Trinajstić information content (AvgIpc) is 2.16. The Hall–Kier alpha value is -0.640. The van der Waals surface area contributed by atoms with E-state index in [1.165, 1.54) is 4.31 Å². The summed E-state index contributed by atoms with van der Waals surface area (Å²) in [6.45, 7) is 5.17. The molecular formula is C9H17N3O2S. The second-order valence-electron chi connectivity index (χ2n) is 4.13. The Balaban J connectivity index is 2.80. The molecular weight excluding hydrogens is 214 g/mol. The number of rotatable bonds is 3. The molecule has 5 nitrogen and oxygen atoms in total. The van der Waals surface area contributed by atoms with Crippen LogP contribution in [0.25, 0.3) is 0 Å². The molecule has 86 valence electrons. The monoisotopic (exact) mass is 231 g/mol. The van der Waals surface area contributed by atoms with Gasteiger partial charge in [-0.15, -0.1) is 0 Å². The van der Waals surface area contributed by atoms with E-state index in [4.69, 9.17) is 5.26 Å². The molecule has 1 unspecified atom stereocenters. The number of hydrogen-bond acceptors (Lipinski definition) is 4. The number of piperazine rings is 1. The summed E-state index contributed by atoms with van der Waals surface area (Å²) in [4.78, 5) is 0. The standard InChI is InChI=1S/C9H17N3O2S/c1-8(2)7-15(13,14)12-4-3-11-6-9(12)5-10/h8-9,11H,3-4,6-7H2,1-2H3. The Labute approximate surface area is 91.1 Å². The summed E-state index contributed by atoms with van der Waals surface area (Å²) < 4.78 is 25.1. The van der Waals surface area contributed by atoms with Crippen LogP contribution in [0.1, 0.15) is 13.8 Å². The van der Waals surface area contributed by atoms with Crippen molar-refractivity contribution in [2.24, 2.45) is 5.92 Å². The molecule has 1 saturated heterocycles. The van der Waals surface area contributed by atoms with Crippen LogP contribution < -0.4 is 5.32 Å². The Morgan fingerprint density at radius 3 is 2.80 bits per heavy atom. The maximum atomic E-state index is 11.9. The fourth-order valence-corrected chi connectivity index (χ4v) is 3.56. The molecule has 0 bridgehead atoms. The molecule has 1 aliphatic rings. The highest BCUT2D eigenvalue weighted by Gasteiger charge is 2.32. The van der Waals surface area contributed by atoms with Crippen molar-refractivity contribution in [1.29, 1.82) is 5.26 Å². The third-order valence-corrected chi connectivity index (χ3v) is 4.48. The van der Waals surface area contributed by atoms with Gasteiger partial charge < -0.3 is 5.32 Å². The fourth-order valence-electron chi connectivity index (χ4n) is 1.65. The van der Waals surface area contributed by atoms with Gasteiger partial charge >= 0.3 is 0 Å². The van der Waals surface area contributed by atoms with Crippen molar-refractivity contribution in [3.05, 3.63) is 0 Å². The second-order valence-corrected chi connectivity index (χ2v) is 6.10. The first-order valence-electron chi connectivity index (χ1n) is 5.07. The van der Waals surface area contributed by atoms with Crippen LogP contribution in [-0.4, -0.2) is 44.2 Å². The van der Waals surface area contributed by atoms with Crippen LogP contribution in [0.15, 0.2) is 0 Å². The smallest absolute Gasteiger partial charge is 0.215 e. The molecule has 0 aromatic rings. The molecule has 1 rings (SSSR count). The Kier molecular flexibility index (Phi) is 4.08. The third-order valence-electron chi connectivity index (χ3n) is 2.24. The SMILES string of the molecule is CC(C)CS(=O)(=O)N1CCNCC1C#N. The second kappa shape index (κ2) is 4.92. The number of nitriles is 1. The fraction of sp³-hybridized carbons (Fsp3) is 0.889. The summed E-state index contributed by atoms with van der Waals surface area (Å²) in [6.07, 6.45) is 0. The van der Waals surface area contributed by atoms with Crippen molar-refractivity contribution in [2.75, 3.05) is 25.4 Å². The van der Waals surface area contributed by atoms with Gasteiger partial charge in [-0.1, -0.05) is 13.8 Å².